The number of aromatic hydroxyl groups is 1. The molecule has 2 N–H and O–H groups in total. The molecule has 1 fully saturated rings. The van der Waals surface area contributed by atoms with Crippen LogP contribution in [0.3, 0.4) is 0 Å². The summed E-state index contributed by atoms with van der Waals surface area (Å²) in [5.41, 5.74) is 1.25. The van der Waals surface area contributed by atoms with Crippen LogP contribution in [0.1, 0.15) is 44.7 Å². The Balaban J connectivity index is 1.96. The molecule has 0 saturated carbocycles. The summed E-state index contributed by atoms with van der Waals surface area (Å²) in [6, 6.07) is 8.23. The van der Waals surface area contributed by atoms with Crippen molar-refractivity contribution in [1.29, 1.82) is 0 Å². The van der Waals surface area contributed by atoms with Crippen molar-refractivity contribution < 1.29 is 9.90 Å². The zero-order valence-electron chi connectivity index (χ0n) is 12.3. The van der Waals surface area contributed by atoms with Crippen LogP contribution in [0.25, 0.3) is 0 Å². The lowest BCUT2D eigenvalue weighted by molar-refractivity contribution is -0.120. The highest BCUT2D eigenvalue weighted by Gasteiger charge is 2.25. The average Bonchev–Trinajstić information content (AvgIpc) is 2.43. The molecule has 0 spiro atoms. The number of hydrogen-bond acceptors (Lipinski definition) is 3. The monoisotopic (exact) mass is 276 g/mol. The molecule has 4 nitrogen and oxygen atoms in total. The number of phenolic OH excluding ortho intramolecular Hbond substituents is 1. The molecule has 1 aromatic carbocycles. The highest BCUT2D eigenvalue weighted by Crippen LogP contribution is 2.28. The Morgan fingerprint density at radius 2 is 1.95 bits per heavy atom. The largest absolute Gasteiger partial charge is 0.508 e. The van der Waals surface area contributed by atoms with Gasteiger partial charge in [-0.25, -0.2) is 0 Å². The number of nitrogens with zero attached hydrogens (tertiary/aromatic N) is 1. The minimum atomic E-state index is 0.0639. The quantitative estimate of drug-likeness (QED) is 0.888. The number of hydrogen-bond donors (Lipinski definition) is 2. The number of carbonyl (C=O) groups excluding carboxylic acids is 1. The average molecular weight is 276 g/mol. The number of phenols is 1. The van der Waals surface area contributed by atoms with E-state index < -0.39 is 0 Å². The normalized spacial score (nSPS) is 18.7. The molecule has 0 bridgehead atoms. The predicted octanol–water partition coefficient (Wildman–Crippen LogP) is 2.44. The molecule has 1 saturated heterocycles. The third kappa shape index (κ3) is 3.73. The van der Waals surface area contributed by atoms with E-state index in [1.165, 1.54) is 5.56 Å². The summed E-state index contributed by atoms with van der Waals surface area (Å²) in [6.07, 6.45) is 3.07. The van der Waals surface area contributed by atoms with Crippen molar-refractivity contribution in [3.8, 4) is 5.75 Å². The standard InChI is InChI=1S/C16H24N2O2/c1-3-16(13-4-6-15(20)7-5-13)18-10-8-14(9-11-18)17-12(2)19/h4-7,14,16,20H,3,8-11H2,1-2H3,(H,17,19). The van der Waals surface area contributed by atoms with Crippen molar-refractivity contribution in [3.05, 3.63) is 29.8 Å². The molecule has 0 aliphatic carbocycles. The SMILES string of the molecule is CCC(c1ccc(O)cc1)N1CCC(NC(C)=O)CC1. The van der Waals surface area contributed by atoms with Gasteiger partial charge in [-0.05, 0) is 37.0 Å². The van der Waals surface area contributed by atoms with E-state index in [4.69, 9.17) is 0 Å². The number of likely N-dealkylation sites (tertiary alicyclic amines) is 1. The van der Waals surface area contributed by atoms with Gasteiger partial charge in [0.2, 0.25) is 5.91 Å². The Labute approximate surface area is 120 Å². The van der Waals surface area contributed by atoms with E-state index in [1.54, 1.807) is 19.1 Å². The summed E-state index contributed by atoms with van der Waals surface area (Å²) in [5, 5.41) is 12.4. The second-order valence-corrected chi connectivity index (χ2v) is 5.53. The van der Waals surface area contributed by atoms with Crippen LogP contribution in [0.4, 0.5) is 0 Å². The Kier molecular flexibility index (Phi) is 5.01. The number of piperidine rings is 1. The lowest BCUT2D eigenvalue weighted by Gasteiger charge is -2.37. The molecular formula is C16H24N2O2. The fraction of sp³-hybridized carbons (Fsp3) is 0.562. The van der Waals surface area contributed by atoms with E-state index in [-0.39, 0.29) is 5.91 Å². The molecule has 1 unspecified atom stereocenters. The summed E-state index contributed by atoms with van der Waals surface area (Å²) in [4.78, 5) is 13.6. The molecule has 1 aliphatic rings. The fourth-order valence-electron chi connectivity index (χ4n) is 3.04. The summed E-state index contributed by atoms with van der Waals surface area (Å²) in [6.45, 7) is 5.78. The maximum atomic E-state index is 11.1. The van der Waals surface area contributed by atoms with Crippen molar-refractivity contribution in [2.45, 2.75) is 45.2 Å². The molecule has 110 valence electrons. The van der Waals surface area contributed by atoms with Crippen LogP contribution in [0.5, 0.6) is 5.75 Å². The van der Waals surface area contributed by atoms with Crippen LogP contribution in [0.2, 0.25) is 0 Å². The number of amides is 1. The fourth-order valence-corrected chi connectivity index (χ4v) is 3.04. The molecule has 4 heteroatoms. The third-order valence-corrected chi connectivity index (χ3v) is 4.04. The second-order valence-electron chi connectivity index (χ2n) is 5.53. The summed E-state index contributed by atoms with van der Waals surface area (Å²) >= 11 is 0. The van der Waals surface area contributed by atoms with Gasteiger partial charge in [0.05, 0.1) is 0 Å². The van der Waals surface area contributed by atoms with E-state index >= 15 is 0 Å². The lowest BCUT2D eigenvalue weighted by Crippen LogP contribution is -2.45. The van der Waals surface area contributed by atoms with Gasteiger partial charge in [0.1, 0.15) is 5.75 Å². The summed E-state index contributed by atoms with van der Waals surface area (Å²) in [7, 11) is 0. The van der Waals surface area contributed by atoms with Crippen LogP contribution in [-0.2, 0) is 4.79 Å². The van der Waals surface area contributed by atoms with E-state index in [9.17, 15) is 9.90 Å². The highest BCUT2D eigenvalue weighted by molar-refractivity contribution is 5.73. The van der Waals surface area contributed by atoms with E-state index in [0.29, 0.717) is 17.8 Å². The first kappa shape index (κ1) is 14.9. The number of carbonyl (C=O) groups is 1. The van der Waals surface area contributed by atoms with Gasteiger partial charge in [-0.15, -0.1) is 0 Å². The van der Waals surface area contributed by atoms with E-state index in [0.717, 1.165) is 32.4 Å². The number of nitrogens with one attached hydrogen (secondary N) is 1. The van der Waals surface area contributed by atoms with Crippen molar-refractivity contribution >= 4 is 5.91 Å². The molecule has 0 aromatic heterocycles. The first-order chi connectivity index (χ1) is 9.60. The molecular weight excluding hydrogens is 252 g/mol. The highest BCUT2D eigenvalue weighted by atomic mass is 16.3. The van der Waals surface area contributed by atoms with Gasteiger partial charge in [-0.1, -0.05) is 19.1 Å². The van der Waals surface area contributed by atoms with E-state index in [1.807, 2.05) is 12.1 Å². The molecule has 0 radical (unpaired) electrons. The van der Waals surface area contributed by atoms with Crippen LogP contribution < -0.4 is 5.32 Å². The molecule has 1 heterocycles. The molecule has 2 rings (SSSR count). The zero-order valence-corrected chi connectivity index (χ0v) is 12.3. The van der Waals surface area contributed by atoms with E-state index in [2.05, 4.69) is 17.1 Å². The Bertz CT molecular complexity index is 436. The lowest BCUT2D eigenvalue weighted by atomic mass is 9.97. The van der Waals surface area contributed by atoms with Crippen molar-refractivity contribution in [3.63, 3.8) is 0 Å². The third-order valence-electron chi connectivity index (χ3n) is 4.04. The Morgan fingerprint density at radius 3 is 2.45 bits per heavy atom. The maximum absolute atomic E-state index is 11.1. The van der Waals surface area contributed by atoms with Crippen molar-refractivity contribution in [2.75, 3.05) is 13.1 Å². The topological polar surface area (TPSA) is 52.6 Å². The minimum absolute atomic E-state index is 0.0639. The first-order valence-corrected chi connectivity index (χ1v) is 7.40. The van der Waals surface area contributed by atoms with Crippen molar-refractivity contribution in [2.24, 2.45) is 0 Å². The van der Waals surface area contributed by atoms with Gasteiger partial charge in [0.25, 0.3) is 0 Å². The second kappa shape index (κ2) is 6.75. The van der Waals surface area contributed by atoms with Gasteiger partial charge in [-0.2, -0.15) is 0 Å². The van der Waals surface area contributed by atoms with Crippen molar-refractivity contribution in [1.82, 2.24) is 10.2 Å². The smallest absolute Gasteiger partial charge is 0.217 e. The molecule has 1 atom stereocenters. The first-order valence-electron chi connectivity index (χ1n) is 7.40. The Morgan fingerprint density at radius 1 is 1.35 bits per heavy atom. The van der Waals surface area contributed by atoms with Crippen LogP contribution in [-0.4, -0.2) is 35.0 Å². The Hall–Kier alpha value is -1.55. The predicted molar refractivity (Wildman–Crippen MR) is 79.6 cm³/mol. The van der Waals surface area contributed by atoms with Gasteiger partial charge in [-0.3, -0.25) is 9.69 Å². The molecule has 1 aliphatic heterocycles. The summed E-state index contributed by atoms with van der Waals surface area (Å²) in [5.74, 6) is 0.377. The van der Waals surface area contributed by atoms with Gasteiger partial charge >= 0.3 is 0 Å². The minimum Gasteiger partial charge on any atom is -0.508 e. The van der Waals surface area contributed by atoms with Gasteiger partial charge in [0, 0.05) is 32.1 Å². The van der Waals surface area contributed by atoms with Crippen LogP contribution in [0, 0.1) is 0 Å². The number of benzene rings is 1. The summed E-state index contributed by atoms with van der Waals surface area (Å²) < 4.78 is 0. The maximum Gasteiger partial charge on any atom is 0.217 e. The van der Waals surface area contributed by atoms with Crippen LogP contribution in [0.15, 0.2) is 24.3 Å². The van der Waals surface area contributed by atoms with Crippen LogP contribution >= 0.6 is 0 Å². The molecule has 1 amide bonds. The molecule has 20 heavy (non-hydrogen) atoms. The number of rotatable bonds is 4. The van der Waals surface area contributed by atoms with Gasteiger partial charge < -0.3 is 10.4 Å². The zero-order chi connectivity index (χ0) is 14.5. The van der Waals surface area contributed by atoms with Gasteiger partial charge in [0.15, 0.2) is 0 Å². The molecule has 1 aromatic rings.